The molecule has 18 heavy (non-hydrogen) atoms. The second-order valence-corrected chi connectivity index (χ2v) is 6.30. The van der Waals surface area contributed by atoms with Crippen molar-refractivity contribution in [1.29, 1.82) is 0 Å². The molecule has 0 unspecified atom stereocenters. The van der Waals surface area contributed by atoms with Gasteiger partial charge in [-0.3, -0.25) is 4.79 Å². The molecular formula is C13H19NO3S. The summed E-state index contributed by atoms with van der Waals surface area (Å²) in [5.41, 5.74) is 0.481. The smallest absolute Gasteiger partial charge is 0.251 e. The largest absolute Gasteiger partial charge is 0.349 e. The lowest BCUT2D eigenvalue weighted by Gasteiger charge is -2.14. The summed E-state index contributed by atoms with van der Waals surface area (Å²) in [6.45, 7) is 4.03. The predicted octanol–water partition coefficient (Wildman–Crippen LogP) is 2.01. The highest BCUT2D eigenvalue weighted by Crippen LogP contribution is 2.10. The van der Waals surface area contributed by atoms with E-state index in [9.17, 15) is 13.2 Å². The lowest BCUT2D eigenvalue weighted by molar-refractivity contribution is 0.0934. The first kappa shape index (κ1) is 14.7. The highest BCUT2D eigenvalue weighted by molar-refractivity contribution is 7.90. The Kier molecular flexibility index (Phi) is 4.90. The molecule has 0 bridgehead atoms. The zero-order valence-corrected chi connectivity index (χ0v) is 11.8. The minimum Gasteiger partial charge on any atom is -0.349 e. The van der Waals surface area contributed by atoms with E-state index >= 15 is 0 Å². The molecular weight excluding hydrogens is 250 g/mol. The highest BCUT2D eigenvalue weighted by Gasteiger charge is 2.12. The fourth-order valence-corrected chi connectivity index (χ4v) is 2.25. The first-order valence-electron chi connectivity index (χ1n) is 5.99. The van der Waals surface area contributed by atoms with E-state index < -0.39 is 9.84 Å². The van der Waals surface area contributed by atoms with Gasteiger partial charge >= 0.3 is 0 Å². The van der Waals surface area contributed by atoms with Crippen molar-refractivity contribution < 1.29 is 13.2 Å². The van der Waals surface area contributed by atoms with Gasteiger partial charge in [-0.1, -0.05) is 13.8 Å². The van der Waals surface area contributed by atoms with Gasteiger partial charge in [-0.05, 0) is 37.1 Å². The van der Waals surface area contributed by atoms with Gasteiger partial charge in [0.25, 0.3) is 5.91 Å². The van der Waals surface area contributed by atoms with Crippen molar-refractivity contribution in [3.8, 4) is 0 Å². The number of nitrogens with one attached hydrogen (secondary N) is 1. The molecule has 0 fully saturated rings. The molecule has 0 spiro atoms. The van der Waals surface area contributed by atoms with Crippen LogP contribution in [0.25, 0.3) is 0 Å². The summed E-state index contributed by atoms with van der Waals surface area (Å²) in [5.74, 6) is -0.163. The SMILES string of the molecule is CCC(CC)NC(=O)c1ccc(S(C)(=O)=O)cc1. The standard InChI is InChI=1S/C13H19NO3S/c1-4-11(5-2)14-13(15)10-6-8-12(9-7-10)18(3,16)17/h6-9,11H,4-5H2,1-3H3,(H,14,15). The van der Waals surface area contributed by atoms with E-state index in [0.717, 1.165) is 19.1 Å². The summed E-state index contributed by atoms with van der Waals surface area (Å²) in [4.78, 5) is 12.1. The van der Waals surface area contributed by atoms with Crippen molar-refractivity contribution in [2.45, 2.75) is 37.6 Å². The van der Waals surface area contributed by atoms with E-state index in [1.165, 1.54) is 24.3 Å². The van der Waals surface area contributed by atoms with E-state index in [-0.39, 0.29) is 16.8 Å². The first-order chi connectivity index (χ1) is 8.38. The molecule has 0 aliphatic rings. The van der Waals surface area contributed by atoms with Gasteiger partial charge in [0, 0.05) is 17.9 Å². The number of hydrogen-bond acceptors (Lipinski definition) is 3. The molecule has 0 aromatic heterocycles. The number of sulfone groups is 1. The topological polar surface area (TPSA) is 63.2 Å². The maximum Gasteiger partial charge on any atom is 0.251 e. The van der Waals surface area contributed by atoms with Crippen molar-refractivity contribution in [3.05, 3.63) is 29.8 Å². The van der Waals surface area contributed by atoms with Gasteiger partial charge < -0.3 is 5.32 Å². The van der Waals surface area contributed by atoms with E-state index in [4.69, 9.17) is 0 Å². The van der Waals surface area contributed by atoms with Crippen LogP contribution in [0.1, 0.15) is 37.0 Å². The van der Waals surface area contributed by atoms with Crippen molar-refractivity contribution >= 4 is 15.7 Å². The highest BCUT2D eigenvalue weighted by atomic mass is 32.2. The first-order valence-corrected chi connectivity index (χ1v) is 7.88. The van der Waals surface area contributed by atoms with E-state index in [1.54, 1.807) is 0 Å². The minimum absolute atomic E-state index is 0.159. The van der Waals surface area contributed by atoms with Crippen LogP contribution in [0.5, 0.6) is 0 Å². The third kappa shape index (κ3) is 3.84. The van der Waals surface area contributed by atoms with Crippen LogP contribution in [0.2, 0.25) is 0 Å². The molecule has 5 heteroatoms. The van der Waals surface area contributed by atoms with Gasteiger partial charge in [0.1, 0.15) is 0 Å². The Hall–Kier alpha value is -1.36. The minimum atomic E-state index is -3.21. The second-order valence-electron chi connectivity index (χ2n) is 4.28. The summed E-state index contributed by atoms with van der Waals surface area (Å²) >= 11 is 0. The number of hydrogen-bond donors (Lipinski definition) is 1. The van der Waals surface area contributed by atoms with E-state index in [1.807, 2.05) is 13.8 Å². The van der Waals surface area contributed by atoms with Crippen LogP contribution in [0.4, 0.5) is 0 Å². The Bertz CT molecular complexity index is 502. The summed E-state index contributed by atoms with van der Waals surface area (Å²) in [6, 6.07) is 6.14. The third-order valence-electron chi connectivity index (χ3n) is 2.87. The number of carbonyl (C=O) groups is 1. The van der Waals surface area contributed by atoms with E-state index in [2.05, 4.69) is 5.32 Å². The number of carbonyl (C=O) groups excluding carboxylic acids is 1. The molecule has 1 aromatic carbocycles. The predicted molar refractivity (Wildman–Crippen MR) is 71.4 cm³/mol. The van der Waals surface area contributed by atoms with Crippen LogP contribution >= 0.6 is 0 Å². The average molecular weight is 269 g/mol. The molecule has 0 saturated carbocycles. The lowest BCUT2D eigenvalue weighted by atomic mass is 10.1. The van der Waals surface area contributed by atoms with Gasteiger partial charge in [0.15, 0.2) is 9.84 Å². The second kappa shape index (κ2) is 6.00. The lowest BCUT2D eigenvalue weighted by Crippen LogP contribution is -2.33. The Balaban J connectivity index is 2.83. The van der Waals surface area contributed by atoms with Crippen molar-refractivity contribution in [1.82, 2.24) is 5.32 Å². The van der Waals surface area contributed by atoms with Crippen LogP contribution in [0, 0.1) is 0 Å². The molecule has 1 aromatic rings. The quantitative estimate of drug-likeness (QED) is 0.889. The fourth-order valence-electron chi connectivity index (χ4n) is 1.62. The van der Waals surface area contributed by atoms with Crippen LogP contribution in [-0.4, -0.2) is 26.6 Å². The molecule has 0 radical (unpaired) electrons. The number of amides is 1. The Labute approximate surface area is 108 Å². The Morgan fingerprint density at radius 3 is 2.06 bits per heavy atom. The summed E-state index contributed by atoms with van der Waals surface area (Å²) < 4.78 is 22.6. The zero-order chi connectivity index (χ0) is 13.8. The zero-order valence-electron chi connectivity index (χ0n) is 10.9. The molecule has 4 nitrogen and oxygen atoms in total. The third-order valence-corrected chi connectivity index (χ3v) is 3.99. The maximum absolute atomic E-state index is 11.9. The monoisotopic (exact) mass is 269 g/mol. The summed E-state index contributed by atoms with van der Waals surface area (Å²) in [5, 5.41) is 2.90. The number of rotatable bonds is 5. The average Bonchev–Trinajstić information content (AvgIpc) is 2.34. The van der Waals surface area contributed by atoms with Gasteiger partial charge in [-0.2, -0.15) is 0 Å². The van der Waals surface area contributed by atoms with Crippen LogP contribution in [0.15, 0.2) is 29.2 Å². The van der Waals surface area contributed by atoms with Crippen LogP contribution in [0.3, 0.4) is 0 Å². The molecule has 0 aliphatic heterocycles. The molecule has 1 N–H and O–H groups in total. The molecule has 0 heterocycles. The molecule has 0 aliphatic carbocycles. The Morgan fingerprint density at radius 2 is 1.67 bits per heavy atom. The van der Waals surface area contributed by atoms with Gasteiger partial charge in [-0.25, -0.2) is 8.42 Å². The van der Waals surface area contributed by atoms with Crippen molar-refractivity contribution in [2.75, 3.05) is 6.26 Å². The molecule has 1 amide bonds. The molecule has 0 saturated heterocycles. The summed E-state index contributed by atoms with van der Waals surface area (Å²) in [7, 11) is -3.21. The molecule has 100 valence electrons. The van der Waals surface area contributed by atoms with Gasteiger partial charge in [-0.15, -0.1) is 0 Å². The number of benzene rings is 1. The van der Waals surface area contributed by atoms with E-state index in [0.29, 0.717) is 5.56 Å². The normalized spacial score (nSPS) is 11.6. The van der Waals surface area contributed by atoms with Crippen LogP contribution in [-0.2, 0) is 9.84 Å². The van der Waals surface area contributed by atoms with Crippen molar-refractivity contribution in [3.63, 3.8) is 0 Å². The molecule has 0 atom stereocenters. The van der Waals surface area contributed by atoms with Gasteiger partial charge in [0.2, 0.25) is 0 Å². The Morgan fingerprint density at radius 1 is 1.17 bits per heavy atom. The fraction of sp³-hybridized carbons (Fsp3) is 0.462. The van der Waals surface area contributed by atoms with Crippen LogP contribution < -0.4 is 5.32 Å². The summed E-state index contributed by atoms with van der Waals surface area (Å²) in [6.07, 6.45) is 2.90. The maximum atomic E-state index is 11.9. The van der Waals surface area contributed by atoms with Crippen molar-refractivity contribution in [2.24, 2.45) is 0 Å². The van der Waals surface area contributed by atoms with Gasteiger partial charge in [0.05, 0.1) is 4.90 Å². The molecule has 1 rings (SSSR count).